The number of benzene rings is 1. The van der Waals surface area contributed by atoms with Gasteiger partial charge in [-0.15, -0.1) is 0 Å². The lowest BCUT2D eigenvalue weighted by atomic mass is 10.1. The molecule has 0 aliphatic carbocycles. The van der Waals surface area contributed by atoms with E-state index in [9.17, 15) is 9.90 Å². The minimum atomic E-state index is 0.0911. The quantitative estimate of drug-likeness (QED) is 0.588. The molecule has 1 rings (SSSR count). The molecule has 0 bridgehead atoms. The summed E-state index contributed by atoms with van der Waals surface area (Å²) in [6, 6.07) is 4.91. The predicted octanol–water partition coefficient (Wildman–Crippen LogP) is 2.00. The molecule has 0 aliphatic heterocycles. The predicted molar refractivity (Wildman–Crippen MR) is 54.4 cm³/mol. The highest BCUT2D eigenvalue weighted by atomic mass is 16.5. The van der Waals surface area contributed by atoms with Crippen molar-refractivity contribution in [3.8, 4) is 11.5 Å². The van der Waals surface area contributed by atoms with Gasteiger partial charge in [-0.2, -0.15) is 0 Å². The van der Waals surface area contributed by atoms with E-state index in [4.69, 9.17) is 4.74 Å². The summed E-state index contributed by atoms with van der Waals surface area (Å²) in [5.74, 6) is 0.492. The summed E-state index contributed by atoms with van der Waals surface area (Å²) in [4.78, 5) is 10.4. The number of aromatic hydroxyl groups is 1. The molecule has 0 radical (unpaired) electrons. The normalized spacial score (nSPS) is 11.1. The van der Waals surface area contributed by atoms with Gasteiger partial charge in [0.05, 0.1) is 7.11 Å². The molecular formula is C11H12O3. The Hall–Kier alpha value is -1.77. The van der Waals surface area contributed by atoms with Crippen LogP contribution in [0.2, 0.25) is 0 Å². The average Bonchev–Trinajstić information content (AvgIpc) is 2.20. The largest absolute Gasteiger partial charge is 0.504 e. The number of phenols is 1. The Balaban J connectivity index is 3.06. The summed E-state index contributed by atoms with van der Waals surface area (Å²) in [7, 11) is 1.48. The van der Waals surface area contributed by atoms with Gasteiger partial charge in [-0.1, -0.05) is 6.07 Å². The summed E-state index contributed by atoms with van der Waals surface area (Å²) < 4.78 is 4.93. The van der Waals surface area contributed by atoms with E-state index in [-0.39, 0.29) is 5.75 Å². The van der Waals surface area contributed by atoms with Gasteiger partial charge in [-0.05, 0) is 36.3 Å². The van der Waals surface area contributed by atoms with Crippen molar-refractivity contribution in [3.63, 3.8) is 0 Å². The second-order valence-electron chi connectivity index (χ2n) is 2.94. The number of hydrogen-bond donors (Lipinski definition) is 1. The molecule has 1 aromatic carbocycles. The summed E-state index contributed by atoms with van der Waals surface area (Å²) in [5, 5.41) is 9.31. The second kappa shape index (κ2) is 4.46. The number of ether oxygens (including phenoxy) is 1. The van der Waals surface area contributed by atoms with Crippen LogP contribution in [0.15, 0.2) is 23.8 Å². The molecule has 0 saturated carbocycles. The standard InChI is InChI=1S/C11H12O3/c1-8(7-12)5-9-3-4-10(13)11(6-9)14-2/h3-7,13H,1-2H3/b8-5+. The molecule has 0 unspecified atom stereocenters. The van der Waals surface area contributed by atoms with Gasteiger partial charge in [0, 0.05) is 0 Å². The van der Waals surface area contributed by atoms with Gasteiger partial charge in [0.15, 0.2) is 11.5 Å². The SMILES string of the molecule is COc1cc(/C=C(\C)C=O)ccc1O. The van der Waals surface area contributed by atoms with E-state index in [2.05, 4.69) is 0 Å². The van der Waals surface area contributed by atoms with Crippen LogP contribution in [0.3, 0.4) is 0 Å². The molecule has 0 aliphatic rings. The van der Waals surface area contributed by atoms with Gasteiger partial charge in [0.25, 0.3) is 0 Å². The zero-order valence-corrected chi connectivity index (χ0v) is 8.15. The number of aldehydes is 1. The Morgan fingerprint density at radius 3 is 2.79 bits per heavy atom. The first-order chi connectivity index (χ1) is 6.67. The van der Waals surface area contributed by atoms with Crippen LogP contribution in [0.5, 0.6) is 11.5 Å². The van der Waals surface area contributed by atoms with Crippen LogP contribution in [-0.2, 0) is 4.79 Å². The van der Waals surface area contributed by atoms with Crippen molar-refractivity contribution in [1.29, 1.82) is 0 Å². The maximum absolute atomic E-state index is 10.4. The first-order valence-corrected chi connectivity index (χ1v) is 4.18. The van der Waals surface area contributed by atoms with Crippen molar-refractivity contribution in [3.05, 3.63) is 29.3 Å². The third-order valence-corrected chi connectivity index (χ3v) is 1.78. The number of phenolic OH excluding ortho intramolecular Hbond substituents is 1. The third-order valence-electron chi connectivity index (χ3n) is 1.78. The Labute approximate surface area is 82.6 Å². The van der Waals surface area contributed by atoms with Gasteiger partial charge >= 0.3 is 0 Å². The minimum Gasteiger partial charge on any atom is -0.504 e. The fourth-order valence-corrected chi connectivity index (χ4v) is 1.08. The van der Waals surface area contributed by atoms with Crippen LogP contribution in [0.1, 0.15) is 12.5 Å². The fourth-order valence-electron chi connectivity index (χ4n) is 1.08. The maximum Gasteiger partial charge on any atom is 0.161 e. The van der Waals surface area contributed by atoms with Gasteiger partial charge in [-0.3, -0.25) is 4.79 Å². The molecule has 3 nitrogen and oxygen atoms in total. The molecule has 3 heteroatoms. The molecule has 14 heavy (non-hydrogen) atoms. The molecule has 0 amide bonds. The van der Waals surface area contributed by atoms with Crippen LogP contribution >= 0.6 is 0 Å². The molecule has 1 aromatic rings. The Morgan fingerprint density at radius 2 is 2.21 bits per heavy atom. The molecule has 1 N–H and O–H groups in total. The fraction of sp³-hybridized carbons (Fsp3) is 0.182. The minimum absolute atomic E-state index is 0.0911. The topological polar surface area (TPSA) is 46.5 Å². The van der Waals surface area contributed by atoms with Crippen LogP contribution in [0, 0.1) is 0 Å². The zero-order valence-electron chi connectivity index (χ0n) is 8.15. The van der Waals surface area contributed by atoms with Crippen molar-refractivity contribution in [2.24, 2.45) is 0 Å². The van der Waals surface area contributed by atoms with E-state index in [0.717, 1.165) is 11.8 Å². The lowest BCUT2D eigenvalue weighted by Gasteiger charge is -2.03. The number of allylic oxidation sites excluding steroid dienone is 1. The van der Waals surface area contributed by atoms with Crippen LogP contribution in [-0.4, -0.2) is 18.5 Å². The Kier molecular flexibility index (Phi) is 3.29. The first kappa shape index (κ1) is 10.3. The van der Waals surface area contributed by atoms with Crippen LogP contribution in [0.4, 0.5) is 0 Å². The number of hydrogen-bond acceptors (Lipinski definition) is 3. The van der Waals surface area contributed by atoms with Gasteiger partial charge in [-0.25, -0.2) is 0 Å². The monoisotopic (exact) mass is 192 g/mol. The van der Waals surface area contributed by atoms with Gasteiger partial charge < -0.3 is 9.84 Å². The number of rotatable bonds is 3. The summed E-state index contributed by atoms with van der Waals surface area (Å²) in [5.41, 5.74) is 1.45. The first-order valence-electron chi connectivity index (χ1n) is 4.18. The molecule has 0 fully saturated rings. The average molecular weight is 192 g/mol. The number of carbonyl (C=O) groups is 1. The highest BCUT2D eigenvalue weighted by Gasteiger charge is 2.00. The Morgan fingerprint density at radius 1 is 1.50 bits per heavy atom. The molecule has 0 heterocycles. The third kappa shape index (κ3) is 2.36. The molecular weight excluding hydrogens is 180 g/mol. The van der Waals surface area contributed by atoms with Crippen molar-refractivity contribution < 1.29 is 14.6 Å². The highest BCUT2D eigenvalue weighted by molar-refractivity contribution is 5.81. The highest BCUT2D eigenvalue weighted by Crippen LogP contribution is 2.26. The van der Waals surface area contributed by atoms with E-state index in [0.29, 0.717) is 11.3 Å². The zero-order chi connectivity index (χ0) is 10.6. The second-order valence-corrected chi connectivity index (χ2v) is 2.94. The van der Waals surface area contributed by atoms with Gasteiger partial charge in [0.2, 0.25) is 0 Å². The van der Waals surface area contributed by atoms with Gasteiger partial charge in [0.1, 0.15) is 6.29 Å². The lowest BCUT2D eigenvalue weighted by Crippen LogP contribution is -1.85. The van der Waals surface area contributed by atoms with Crippen molar-refractivity contribution in [1.82, 2.24) is 0 Å². The number of methoxy groups -OCH3 is 1. The summed E-state index contributed by atoms with van der Waals surface area (Å²) in [6.45, 7) is 1.71. The molecule has 0 saturated heterocycles. The maximum atomic E-state index is 10.4. The Bertz CT molecular complexity index is 367. The van der Waals surface area contributed by atoms with E-state index in [1.165, 1.54) is 13.2 Å². The van der Waals surface area contributed by atoms with E-state index in [1.807, 2.05) is 0 Å². The summed E-state index contributed by atoms with van der Waals surface area (Å²) >= 11 is 0. The molecule has 74 valence electrons. The lowest BCUT2D eigenvalue weighted by molar-refractivity contribution is -0.104. The summed E-state index contributed by atoms with van der Waals surface area (Å²) in [6.07, 6.45) is 2.49. The molecule has 0 spiro atoms. The van der Waals surface area contributed by atoms with E-state index >= 15 is 0 Å². The van der Waals surface area contributed by atoms with E-state index in [1.54, 1.807) is 25.1 Å². The van der Waals surface area contributed by atoms with Crippen molar-refractivity contribution >= 4 is 12.4 Å². The van der Waals surface area contributed by atoms with Crippen molar-refractivity contribution in [2.75, 3.05) is 7.11 Å². The molecule has 0 aromatic heterocycles. The smallest absolute Gasteiger partial charge is 0.161 e. The van der Waals surface area contributed by atoms with Crippen LogP contribution in [0.25, 0.3) is 6.08 Å². The van der Waals surface area contributed by atoms with Crippen LogP contribution < -0.4 is 4.74 Å². The number of carbonyl (C=O) groups excluding carboxylic acids is 1. The molecule has 0 atom stereocenters. The van der Waals surface area contributed by atoms with Crippen molar-refractivity contribution in [2.45, 2.75) is 6.92 Å². The van der Waals surface area contributed by atoms with E-state index < -0.39 is 0 Å².